The zero-order valence-electron chi connectivity index (χ0n) is 12.6. The predicted octanol–water partition coefficient (Wildman–Crippen LogP) is 3.83. The van der Waals surface area contributed by atoms with Gasteiger partial charge in [-0.3, -0.25) is 0 Å². The summed E-state index contributed by atoms with van der Waals surface area (Å²) < 4.78 is 6.12. The number of aliphatic hydroxyl groups is 1. The Bertz CT molecular complexity index is 243. The Kier molecular flexibility index (Phi) is 6.12. The van der Waals surface area contributed by atoms with E-state index in [9.17, 15) is 5.11 Å². The SMILES string of the molecule is C=C[C@@H](C)[C@H](O)[C@@H](C)CO[Si](C)(C)C(C)(C)C. The van der Waals surface area contributed by atoms with Gasteiger partial charge in [-0.25, -0.2) is 0 Å². The Morgan fingerprint density at radius 3 is 2.12 bits per heavy atom. The third-order valence-corrected chi connectivity index (χ3v) is 8.51. The lowest BCUT2D eigenvalue weighted by Crippen LogP contribution is -2.43. The fourth-order valence-corrected chi connectivity index (χ4v) is 2.43. The molecule has 3 heteroatoms. The summed E-state index contributed by atoms with van der Waals surface area (Å²) in [6.07, 6.45) is 1.44. The van der Waals surface area contributed by atoms with E-state index in [0.717, 1.165) is 0 Å². The maximum atomic E-state index is 10.1. The molecule has 1 N–H and O–H groups in total. The Morgan fingerprint density at radius 1 is 1.29 bits per heavy atom. The molecule has 0 aliphatic rings. The summed E-state index contributed by atoms with van der Waals surface area (Å²) >= 11 is 0. The van der Waals surface area contributed by atoms with Crippen LogP contribution in [0.25, 0.3) is 0 Å². The summed E-state index contributed by atoms with van der Waals surface area (Å²) in [5.74, 6) is 0.269. The van der Waals surface area contributed by atoms with Gasteiger partial charge in [-0.1, -0.05) is 40.7 Å². The van der Waals surface area contributed by atoms with Crippen LogP contribution in [-0.4, -0.2) is 26.1 Å². The van der Waals surface area contributed by atoms with Crippen LogP contribution in [0.5, 0.6) is 0 Å². The van der Waals surface area contributed by atoms with Crippen LogP contribution in [0.3, 0.4) is 0 Å². The van der Waals surface area contributed by atoms with E-state index in [1.165, 1.54) is 0 Å². The van der Waals surface area contributed by atoms with Crippen molar-refractivity contribution in [1.29, 1.82) is 0 Å². The fraction of sp³-hybridized carbons (Fsp3) is 0.857. The molecule has 0 saturated carbocycles. The molecule has 17 heavy (non-hydrogen) atoms. The van der Waals surface area contributed by atoms with Crippen molar-refractivity contribution in [2.45, 2.75) is 58.9 Å². The van der Waals surface area contributed by atoms with Crippen LogP contribution >= 0.6 is 0 Å². The normalized spacial score (nSPS) is 18.6. The molecule has 0 aromatic rings. The zero-order valence-corrected chi connectivity index (χ0v) is 13.6. The van der Waals surface area contributed by atoms with E-state index in [1.54, 1.807) is 6.08 Å². The molecule has 3 atom stereocenters. The second-order valence-electron chi connectivity index (χ2n) is 6.63. The van der Waals surface area contributed by atoms with Gasteiger partial charge in [0.05, 0.1) is 6.10 Å². The lowest BCUT2D eigenvalue weighted by Gasteiger charge is -2.37. The average Bonchev–Trinajstić information content (AvgIpc) is 2.22. The molecule has 0 aliphatic carbocycles. The molecular weight excluding hydrogens is 228 g/mol. The summed E-state index contributed by atoms with van der Waals surface area (Å²) in [7, 11) is -1.70. The summed E-state index contributed by atoms with van der Waals surface area (Å²) in [6.45, 7) is 19.5. The van der Waals surface area contributed by atoms with Crippen LogP contribution in [-0.2, 0) is 4.43 Å². The molecular formula is C14H30O2Si. The first kappa shape index (κ1) is 16.9. The molecule has 0 saturated heterocycles. The minimum Gasteiger partial charge on any atom is -0.416 e. The van der Waals surface area contributed by atoms with Gasteiger partial charge in [0.1, 0.15) is 0 Å². The highest BCUT2D eigenvalue weighted by atomic mass is 28.4. The molecule has 0 heterocycles. The van der Waals surface area contributed by atoms with E-state index in [-0.39, 0.29) is 23.0 Å². The second-order valence-corrected chi connectivity index (χ2v) is 11.4. The van der Waals surface area contributed by atoms with Crippen molar-refractivity contribution in [3.63, 3.8) is 0 Å². The summed E-state index contributed by atoms with van der Waals surface area (Å²) in [6, 6.07) is 0. The summed E-state index contributed by atoms with van der Waals surface area (Å²) in [4.78, 5) is 0. The first-order valence-electron chi connectivity index (χ1n) is 6.47. The minimum absolute atomic E-state index is 0.119. The number of aliphatic hydroxyl groups excluding tert-OH is 1. The molecule has 0 rings (SSSR count). The van der Waals surface area contributed by atoms with E-state index in [2.05, 4.69) is 40.4 Å². The van der Waals surface area contributed by atoms with E-state index in [1.807, 2.05) is 13.8 Å². The number of rotatable bonds is 6. The van der Waals surface area contributed by atoms with Gasteiger partial charge in [-0.15, -0.1) is 6.58 Å². The highest BCUT2D eigenvalue weighted by molar-refractivity contribution is 6.74. The smallest absolute Gasteiger partial charge is 0.191 e. The van der Waals surface area contributed by atoms with Gasteiger partial charge in [0.15, 0.2) is 8.32 Å². The largest absolute Gasteiger partial charge is 0.416 e. The van der Waals surface area contributed by atoms with Crippen LogP contribution in [0.1, 0.15) is 34.6 Å². The molecule has 0 radical (unpaired) electrons. The molecule has 0 amide bonds. The van der Waals surface area contributed by atoms with Crippen molar-refractivity contribution in [3.8, 4) is 0 Å². The summed E-state index contributed by atoms with van der Waals surface area (Å²) in [5.41, 5.74) is 0. The lowest BCUT2D eigenvalue weighted by molar-refractivity contribution is 0.0540. The van der Waals surface area contributed by atoms with Gasteiger partial charge in [-0.2, -0.15) is 0 Å². The molecule has 0 fully saturated rings. The van der Waals surface area contributed by atoms with Crippen molar-refractivity contribution < 1.29 is 9.53 Å². The second kappa shape index (κ2) is 6.16. The zero-order chi connectivity index (χ0) is 13.9. The number of hydrogen-bond acceptors (Lipinski definition) is 2. The molecule has 0 unspecified atom stereocenters. The third kappa shape index (κ3) is 4.94. The highest BCUT2D eigenvalue weighted by Gasteiger charge is 2.37. The van der Waals surface area contributed by atoms with Gasteiger partial charge >= 0.3 is 0 Å². The lowest BCUT2D eigenvalue weighted by atomic mass is 9.94. The van der Waals surface area contributed by atoms with Gasteiger partial charge < -0.3 is 9.53 Å². The highest BCUT2D eigenvalue weighted by Crippen LogP contribution is 2.37. The van der Waals surface area contributed by atoms with Crippen molar-refractivity contribution in [2.75, 3.05) is 6.61 Å². The predicted molar refractivity (Wildman–Crippen MR) is 77.7 cm³/mol. The quantitative estimate of drug-likeness (QED) is 0.579. The molecule has 2 nitrogen and oxygen atoms in total. The Balaban J connectivity index is 4.34. The van der Waals surface area contributed by atoms with Crippen LogP contribution < -0.4 is 0 Å². The van der Waals surface area contributed by atoms with Gasteiger partial charge in [0.25, 0.3) is 0 Å². The van der Waals surface area contributed by atoms with Crippen molar-refractivity contribution in [2.24, 2.45) is 11.8 Å². The number of hydrogen-bond donors (Lipinski definition) is 1. The molecule has 102 valence electrons. The molecule has 0 aromatic carbocycles. The first-order valence-corrected chi connectivity index (χ1v) is 9.38. The van der Waals surface area contributed by atoms with E-state index >= 15 is 0 Å². The molecule has 0 spiro atoms. The fourth-order valence-electron chi connectivity index (χ4n) is 1.31. The van der Waals surface area contributed by atoms with Crippen LogP contribution in [0.4, 0.5) is 0 Å². The summed E-state index contributed by atoms with van der Waals surface area (Å²) in [5, 5.41) is 10.3. The van der Waals surface area contributed by atoms with Crippen LogP contribution in [0.15, 0.2) is 12.7 Å². The van der Waals surface area contributed by atoms with Crippen LogP contribution in [0, 0.1) is 11.8 Å². The molecule has 0 aromatic heterocycles. The average molecular weight is 258 g/mol. The van der Waals surface area contributed by atoms with Crippen molar-refractivity contribution in [1.82, 2.24) is 0 Å². The first-order chi connectivity index (χ1) is 7.53. The Labute approximate surface area is 108 Å². The van der Waals surface area contributed by atoms with E-state index in [0.29, 0.717) is 6.61 Å². The van der Waals surface area contributed by atoms with Gasteiger partial charge in [0, 0.05) is 18.4 Å². The molecule has 0 aliphatic heterocycles. The van der Waals surface area contributed by atoms with Crippen LogP contribution in [0.2, 0.25) is 18.1 Å². The topological polar surface area (TPSA) is 29.5 Å². The maximum Gasteiger partial charge on any atom is 0.191 e. The monoisotopic (exact) mass is 258 g/mol. The van der Waals surface area contributed by atoms with E-state index < -0.39 is 8.32 Å². The third-order valence-electron chi connectivity index (χ3n) is 4.01. The van der Waals surface area contributed by atoms with Crippen molar-refractivity contribution >= 4 is 8.32 Å². The maximum absolute atomic E-state index is 10.1. The Hall–Kier alpha value is -0.123. The molecule has 0 bridgehead atoms. The van der Waals surface area contributed by atoms with E-state index in [4.69, 9.17) is 4.43 Å². The minimum atomic E-state index is -1.70. The standard InChI is InChI=1S/C14H30O2Si/c1-9-11(2)13(15)12(3)10-16-17(7,8)14(4,5)6/h9,11-13,15H,1,10H2,2-8H3/t11-,12+,13+/m1/s1. The van der Waals surface area contributed by atoms with Gasteiger partial charge in [0.2, 0.25) is 0 Å². The Morgan fingerprint density at radius 2 is 1.76 bits per heavy atom. The van der Waals surface area contributed by atoms with Crippen molar-refractivity contribution in [3.05, 3.63) is 12.7 Å². The van der Waals surface area contributed by atoms with Gasteiger partial charge in [-0.05, 0) is 18.1 Å².